The van der Waals surface area contributed by atoms with Crippen molar-refractivity contribution in [2.45, 2.75) is 32.0 Å². The van der Waals surface area contributed by atoms with E-state index in [0.29, 0.717) is 6.61 Å². The molecule has 0 N–H and O–H groups in total. The zero-order valence-corrected chi connectivity index (χ0v) is 10.9. The number of carbonyl (C=O) groups is 1. The van der Waals surface area contributed by atoms with Crippen molar-refractivity contribution in [1.82, 2.24) is 0 Å². The molecule has 1 aromatic carbocycles. The number of para-hydroxylation sites is 1. The van der Waals surface area contributed by atoms with Crippen molar-refractivity contribution in [2.24, 2.45) is 0 Å². The topological polar surface area (TPSA) is 78.7 Å². The van der Waals surface area contributed by atoms with Crippen LogP contribution in [0.5, 0.6) is 5.75 Å². The van der Waals surface area contributed by atoms with Crippen molar-refractivity contribution in [3.8, 4) is 5.75 Å². The monoisotopic (exact) mass is 283 g/mol. The van der Waals surface area contributed by atoms with Crippen LogP contribution in [-0.4, -0.2) is 29.5 Å². The van der Waals surface area contributed by atoms with Crippen molar-refractivity contribution in [3.05, 3.63) is 34.1 Å². The van der Waals surface area contributed by atoms with Gasteiger partial charge in [0, 0.05) is 19.1 Å². The molecule has 0 aliphatic heterocycles. The van der Waals surface area contributed by atoms with Gasteiger partial charge >= 0.3 is 5.69 Å². The lowest BCUT2D eigenvalue weighted by atomic mass is 9.90. The quantitative estimate of drug-likeness (QED) is 0.591. The number of nitro benzene ring substituents is 1. The van der Waals surface area contributed by atoms with E-state index < -0.39 is 34.4 Å². The van der Waals surface area contributed by atoms with Crippen LogP contribution in [0.1, 0.15) is 19.8 Å². The fourth-order valence-electron chi connectivity index (χ4n) is 1.93. The largest absolute Gasteiger partial charge is 0.478 e. The summed E-state index contributed by atoms with van der Waals surface area (Å²) in [6.07, 6.45) is -0.644. The molecular weight excluding hydrogens is 269 g/mol. The molecular formula is C13H14FNO5. The molecule has 0 radical (unpaired) electrons. The Morgan fingerprint density at radius 1 is 1.50 bits per heavy atom. The number of halogens is 1. The molecule has 1 aromatic rings. The lowest BCUT2D eigenvalue weighted by molar-refractivity contribution is -0.386. The summed E-state index contributed by atoms with van der Waals surface area (Å²) in [6.45, 7) is 2.27. The number of benzene rings is 1. The molecule has 0 bridgehead atoms. The summed E-state index contributed by atoms with van der Waals surface area (Å²) in [7, 11) is 0. The molecule has 2 atom stereocenters. The van der Waals surface area contributed by atoms with E-state index in [1.54, 1.807) is 0 Å². The summed E-state index contributed by atoms with van der Waals surface area (Å²) in [5, 5.41) is 10.8. The van der Waals surface area contributed by atoms with Crippen molar-refractivity contribution >= 4 is 11.5 Å². The van der Waals surface area contributed by atoms with Crippen molar-refractivity contribution < 1.29 is 23.6 Å². The summed E-state index contributed by atoms with van der Waals surface area (Å²) in [5.41, 5.74) is -0.460. The molecule has 7 heteroatoms. The fourth-order valence-corrected chi connectivity index (χ4v) is 1.93. The molecule has 2 rings (SSSR count). The lowest BCUT2D eigenvalue weighted by Gasteiger charge is -2.34. The number of rotatable bonds is 6. The van der Waals surface area contributed by atoms with Gasteiger partial charge in [0.25, 0.3) is 0 Å². The Bertz CT molecular complexity index is 533. The second-order valence-electron chi connectivity index (χ2n) is 4.46. The number of hydrogen-bond donors (Lipinski definition) is 0. The third-order valence-electron chi connectivity index (χ3n) is 2.97. The highest BCUT2D eigenvalue weighted by Gasteiger charge is 2.43. The van der Waals surface area contributed by atoms with Gasteiger partial charge in [0.1, 0.15) is 6.10 Å². The van der Waals surface area contributed by atoms with Gasteiger partial charge in [0.15, 0.2) is 17.7 Å². The van der Waals surface area contributed by atoms with Gasteiger partial charge in [-0.3, -0.25) is 14.9 Å². The predicted octanol–water partition coefficient (Wildman–Crippen LogP) is 2.25. The maximum atomic E-state index is 13.7. The van der Waals surface area contributed by atoms with Crippen LogP contribution in [0.2, 0.25) is 0 Å². The van der Waals surface area contributed by atoms with Gasteiger partial charge in [-0.2, -0.15) is 0 Å². The molecule has 1 saturated carbocycles. The van der Waals surface area contributed by atoms with Crippen LogP contribution in [-0.2, 0) is 9.53 Å². The Balaban J connectivity index is 2.14. The van der Waals surface area contributed by atoms with E-state index in [1.165, 1.54) is 6.07 Å². The minimum absolute atomic E-state index is 0.0693. The van der Waals surface area contributed by atoms with Crippen LogP contribution in [0.25, 0.3) is 0 Å². The second-order valence-corrected chi connectivity index (χ2v) is 4.46. The van der Waals surface area contributed by atoms with E-state index in [2.05, 4.69) is 0 Å². The van der Waals surface area contributed by atoms with E-state index in [-0.39, 0.29) is 12.2 Å². The molecule has 1 aliphatic carbocycles. The third kappa shape index (κ3) is 2.77. The summed E-state index contributed by atoms with van der Waals surface area (Å²) in [5.74, 6) is -1.41. The van der Waals surface area contributed by atoms with E-state index in [0.717, 1.165) is 18.6 Å². The number of Topliss-reactive ketones (excluding diaryl/α,β-unsaturated/α-hetero) is 1. The summed E-state index contributed by atoms with van der Waals surface area (Å²) in [6, 6.07) is 3.46. The highest BCUT2D eigenvalue weighted by atomic mass is 19.1. The standard InChI is InChI=1S/C13H14FNO5/c1-2-6-19-13-10(16)7-11(13)20-12-8(14)4-3-5-9(12)15(17)18/h3-5,11,13H,2,6-7H2,1H3. The van der Waals surface area contributed by atoms with Gasteiger partial charge in [0.2, 0.25) is 5.75 Å². The van der Waals surface area contributed by atoms with Crippen molar-refractivity contribution in [2.75, 3.05) is 6.61 Å². The predicted molar refractivity (Wildman–Crippen MR) is 67.1 cm³/mol. The number of hydrogen-bond acceptors (Lipinski definition) is 5. The number of carbonyl (C=O) groups excluding carboxylic acids is 1. The van der Waals surface area contributed by atoms with E-state index in [1.807, 2.05) is 6.92 Å². The van der Waals surface area contributed by atoms with Crippen molar-refractivity contribution in [3.63, 3.8) is 0 Å². The molecule has 0 amide bonds. The Morgan fingerprint density at radius 2 is 2.25 bits per heavy atom. The first-order valence-electron chi connectivity index (χ1n) is 6.28. The number of ketones is 1. The summed E-state index contributed by atoms with van der Waals surface area (Å²) >= 11 is 0. The number of ether oxygens (including phenoxy) is 2. The number of nitro groups is 1. The molecule has 0 heterocycles. The molecule has 108 valence electrons. The van der Waals surface area contributed by atoms with Crippen LogP contribution in [0.15, 0.2) is 18.2 Å². The zero-order chi connectivity index (χ0) is 14.7. The first kappa shape index (κ1) is 14.4. The highest BCUT2D eigenvalue weighted by Crippen LogP contribution is 2.34. The Hall–Kier alpha value is -2.02. The van der Waals surface area contributed by atoms with Crippen LogP contribution in [0, 0.1) is 15.9 Å². The maximum absolute atomic E-state index is 13.7. The molecule has 0 aromatic heterocycles. The molecule has 2 unspecified atom stereocenters. The SMILES string of the molecule is CCCOC1C(=O)CC1Oc1c(F)cccc1[N+](=O)[O-]. The number of nitrogens with zero attached hydrogens (tertiary/aromatic N) is 1. The first-order valence-corrected chi connectivity index (χ1v) is 6.28. The van der Waals surface area contributed by atoms with E-state index in [4.69, 9.17) is 9.47 Å². The van der Waals surface area contributed by atoms with Gasteiger partial charge in [-0.1, -0.05) is 13.0 Å². The van der Waals surface area contributed by atoms with Crippen LogP contribution < -0.4 is 4.74 Å². The highest BCUT2D eigenvalue weighted by molar-refractivity contribution is 5.90. The fraction of sp³-hybridized carbons (Fsp3) is 0.462. The Morgan fingerprint density at radius 3 is 2.85 bits per heavy atom. The summed E-state index contributed by atoms with van der Waals surface area (Å²) in [4.78, 5) is 21.5. The average molecular weight is 283 g/mol. The second kappa shape index (κ2) is 5.96. The third-order valence-corrected chi connectivity index (χ3v) is 2.97. The lowest BCUT2D eigenvalue weighted by Crippen LogP contribution is -2.52. The minimum atomic E-state index is -0.826. The van der Waals surface area contributed by atoms with E-state index >= 15 is 0 Å². The smallest absolute Gasteiger partial charge is 0.314 e. The molecule has 1 aliphatic rings. The zero-order valence-electron chi connectivity index (χ0n) is 10.9. The van der Waals surface area contributed by atoms with Crippen LogP contribution >= 0.6 is 0 Å². The van der Waals surface area contributed by atoms with E-state index in [9.17, 15) is 19.3 Å². The molecule has 1 fully saturated rings. The van der Waals surface area contributed by atoms with Gasteiger partial charge in [-0.15, -0.1) is 0 Å². The van der Waals surface area contributed by atoms with Gasteiger partial charge in [-0.25, -0.2) is 4.39 Å². The molecule has 0 spiro atoms. The van der Waals surface area contributed by atoms with Crippen LogP contribution in [0.3, 0.4) is 0 Å². The van der Waals surface area contributed by atoms with Gasteiger partial charge in [0.05, 0.1) is 4.92 Å². The molecule has 6 nitrogen and oxygen atoms in total. The normalized spacial score (nSPS) is 21.4. The van der Waals surface area contributed by atoms with Crippen LogP contribution in [0.4, 0.5) is 10.1 Å². The Kier molecular flexibility index (Phi) is 4.29. The minimum Gasteiger partial charge on any atom is -0.478 e. The molecule has 0 saturated heterocycles. The Labute approximate surface area is 114 Å². The molecule has 20 heavy (non-hydrogen) atoms. The van der Waals surface area contributed by atoms with Crippen molar-refractivity contribution in [1.29, 1.82) is 0 Å². The van der Waals surface area contributed by atoms with Gasteiger partial charge < -0.3 is 9.47 Å². The average Bonchev–Trinajstić information content (AvgIpc) is 2.40. The first-order chi connectivity index (χ1) is 9.54. The van der Waals surface area contributed by atoms with Gasteiger partial charge in [-0.05, 0) is 12.5 Å². The maximum Gasteiger partial charge on any atom is 0.314 e. The summed E-state index contributed by atoms with van der Waals surface area (Å²) < 4.78 is 24.2.